The van der Waals surface area contributed by atoms with Crippen LogP contribution in [-0.4, -0.2) is 88.4 Å². The maximum atomic E-state index is 13.9. The molecule has 1 aromatic carbocycles. The van der Waals surface area contributed by atoms with Crippen molar-refractivity contribution in [3.05, 3.63) is 23.3 Å². The number of fused-ring (bicyclic) bond motifs is 6. The summed E-state index contributed by atoms with van der Waals surface area (Å²) in [6, 6.07) is 1.89. The van der Waals surface area contributed by atoms with Crippen LogP contribution in [0.2, 0.25) is 0 Å². The Bertz CT molecular complexity index is 1450. The van der Waals surface area contributed by atoms with E-state index in [1.807, 2.05) is 0 Å². The number of nitrogens with one attached hydrogen (secondary N) is 2. The highest BCUT2D eigenvalue weighted by molar-refractivity contribution is 6.32. The van der Waals surface area contributed by atoms with Crippen LogP contribution >= 0.6 is 0 Å². The molecule has 7 rings (SSSR count). The number of carbonyl (C=O) groups is 6. The molecule has 5 unspecified atom stereocenters. The Kier molecular flexibility index (Phi) is 7.71. The first-order valence-corrected chi connectivity index (χ1v) is 15.2. The molecule has 13 nitrogen and oxygen atoms in total. The number of hydroxylamine groups is 1. The maximum absolute atomic E-state index is 13.9. The highest BCUT2D eigenvalue weighted by atomic mass is 16.7. The van der Waals surface area contributed by atoms with Gasteiger partial charge in [-0.25, -0.2) is 0 Å². The standard InChI is InChI=1S/C31H38N4O9/c1-35(2)24-17-11-16-10-15-7-8-18(34-20(36)12-33-44-19-9-13-3-5-14(19)6-4-13)25(37)21(15)26(38)22(16)28(40)31(17,43)29(41)23(27(24)39)30(32)42/h7-8,13-14,16-17,19,22-24,33,37,43H,3-6,9-12H2,1-2H3,(H2,32,42)(H,34,36)/t13?,14?,16?,17?,19?,22?,23?,24-,31-/m0/s1. The fourth-order valence-corrected chi connectivity index (χ4v) is 8.55. The minimum atomic E-state index is -2.79. The van der Waals surface area contributed by atoms with Crippen LogP contribution in [0.25, 0.3) is 0 Å². The van der Waals surface area contributed by atoms with Gasteiger partial charge in [-0.2, -0.15) is 5.48 Å². The predicted molar refractivity (Wildman–Crippen MR) is 153 cm³/mol. The Balaban J connectivity index is 1.21. The largest absolute Gasteiger partial charge is 0.505 e. The van der Waals surface area contributed by atoms with Gasteiger partial charge in [0.15, 0.2) is 34.7 Å². The molecular weight excluding hydrogens is 572 g/mol. The Labute approximate surface area is 253 Å². The summed E-state index contributed by atoms with van der Waals surface area (Å²) >= 11 is 0. The molecule has 6 aliphatic rings. The SMILES string of the molecule is CN(C)[C@@H]1C(=O)C(C(N)=O)C(=O)[C@@]2(O)C(=O)C3C(=O)c4c(ccc(NC(=O)CNOC5CC6CCC5CC6)c4O)CC3CC12. The predicted octanol–water partition coefficient (Wildman–Crippen LogP) is -0.0946. The van der Waals surface area contributed by atoms with Crippen molar-refractivity contribution in [3.8, 4) is 5.75 Å². The van der Waals surface area contributed by atoms with Gasteiger partial charge in [0.1, 0.15) is 12.3 Å². The van der Waals surface area contributed by atoms with Gasteiger partial charge in [-0.1, -0.05) is 6.07 Å². The number of hydrogen-bond donors (Lipinski definition) is 5. The number of aromatic hydroxyl groups is 1. The van der Waals surface area contributed by atoms with E-state index >= 15 is 0 Å². The van der Waals surface area contributed by atoms with Crippen molar-refractivity contribution in [1.29, 1.82) is 0 Å². The van der Waals surface area contributed by atoms with Gasteiger partial charge >= 0.3 is 0 Å². The van der Waals surface area contributed by atoms with Gasteiger partial charge in [-0.3, -0.25) is 38.5 Å². The normalized spacial score (nSPS) is 36.1. The monoisotopic (exact) mass is 610 g/mol. The van der Waals surface area contributed by atoms with Gasteiger partial charge in [-0.15, -0.1) is 0 Å². The van der Waals surface area contributed by atoms with Crippen molar-refractivity contribution < 1.29 is 43.8 Å². The minimum Gasteiger partial charge on any atom is -0.505 e. The van der Waals surface area contributed by atoms with Gasteiger partial charge in [0.25, 0.3) is 0 Å². The number of anilines is 1. The molecule has 236 valence electrons. The molecule has 0 aliphatic heterocycles. The van der Waals surface area contributed by atoms with E-state index in [0.29, 0.717) is 17.4 Å². The number of carbonyl (C=O) groups excluding carboxylic acids is 6. The molecule has 5 fully saturated rings. The third-order valence-electron chi connectivity index (χ3n) is 10.7. The van der Waals surface area contributed by atoms with Crippen LogP contribution in [-0.2, 0) is 35.2 Å². The Hall–Kier alpha value is -3.52. The van der Waals surface area contributed by atoms with Crippen LogP contribution in [0.1, 0.15) is 54.4 Å². The first kappa shape index (κ1) is 30.5. The molecule has 0 spiro atoms. The number of primary amides is 1. The summed E-state index contributed by atoms with van der Waals surface area (Å²) in [6.07, 6.45) is 5.81. The summed E-state index contributed by atoms with van der Waals surface area (Å²) in [5, 5.41) is 25.3. The van der Waals surface area contributed by atoms with Crippen molar-refractivity contribution in [2.75, 3.05) is 26.0 Å². The molecule has 0 saturated heterocycles. The second-order valence-electron chi connectivity index (χ2n) is 13.3. The molecule has 5 saturated carbocycles. The summed E-state index contributed by atoms with van der Waals surface area (Å²) in [4.78, 5) is 86.3. The van der Waals surface area contributed by atoms with E-state index in [1.54, 1.807) is 6.07 Å². The molecule has 2 bridgehead atoms. The molecule has 2 amide bonds. The average molecular weight is 611 g/mol. The third kappa shape index (κ3) is 4.68. The number of benzene rings is 1. The fourth-order valence-electron chi connectivity index (χ4n) is 8.55. The van der Waals surface area contributed by atoms with Crippen LogP contribution < -0.4 is 16.5 Å². The third-order valence-corrected chi connectivity index (χ3v) is 10.7. The number of hydrogen-bond acceptors (Lipinski definition) is 11. The zero-order valence-corrected chi connectivity index (χ0v) is 24.7. The number of nitrogens with zero attached hydrogens (tertiary/aromatic N) is 1. The molecule has 44 heavy (non-hydrogen) atoms. The first-order chi connectivity index (χ1) is 20.8. The Morgan fingerprint density at radius 3 is 2.36 bits per heavy atom. The van der Waals surface area contributed by atoms with Gasteiger partial charge in [0, 0.05) is 5.92 Å². The summed E-state index contributed by atoms with van der Waals surface area (Å²) in [7, 11) is 3.06. The highest BCUT2D eigenvalue weighted by Gasteiger charge is 2.69. The maximum Gasteiger partial charge on any atom is 0.240 e. The van der Waals surface area contributed by atoms with E-state index in [1.165, 1.54) is 37.9 Å². The summed E-state index contributed by atoms with van der Waals surface area (Å²) in [6.45, 7) is -0.190. The number of Topliss-reactive ketones (excluding diaryl/α,β-unsaturated/α-hetero) is 4. The van der Waals surface area contributed by atoms with E-state index < -0.39 is 76.0 Å². The van der Waals surface area contributed by atoms with Crippen molar-refractivity contribution >= 4 is 40.6 Å². The molecule has 0 radical (unpaired) electrons. The lowest BCUT2D eigenvalue weighted by Crippen LogP contribution is -2.74. The van der Waals surface area contributed by atoms with Crippen molar-refractivity contribution in [2.24, 2.45) is 41.2 Å². The first-order valence-electron chi connectivity index (χ1n) is 15.2. The molecule has 6 N–H and O–H groups in total. The van der Waals surface area contributed by atoms with Gasteiger partial charge in [0.2, 0.25) is 11.8 Å². The number of amides is 2. The minimum absolute atomic E-state index is 0.0303. The highest BCUT2D eigenvalue weighted by Crippen LogP contribution is 2.51. The van der Waals surface area contributed by atoms with E-state index in [0.717, 1.165) is 19.3 Å². The number of phenols is 1. The molecule has 6 aliphatic carbocycles. The van der Waals surface area contributed by atoms with Crippen LogP contribution in [0.4, 0.5) is 5.69 Å². The molecule has 1 aromatic rings. The number of ketones is 4. The van der Waals surface area contributed by atoms with Crippen molar-refractivity contribution in [3.63, 3.8) is 0 Å². The van der Waals surface area contributed by atoms with E-state index in [-0.39, 0.29) is 36.7 Å². The molecule has 7 atom stereocenters. The molecule has 0 aromatic heterocycles. The average Bonchev–Trinajstić information content (AvgIpc) is 2.97. The number of aliphatic hydroxyl groups is 1. The number of nitrogens with two attached hydrogens (primary N) is 1. The lowest BCUT2D eigenvalue weighted by atomic mass is 9.52. The topological polar surface area (TPSA) is 205 Å². The van der Waals surface area contributed by atoms with E-state index in [4.69, 9.17) is 10.6 Å². The number of likely N-dealkylation sites (N-methyl/N-ethyl adjacent to an activating group) is 1. The zero-order chi connectivity index (χ0) is 31.7. The second kappa shape index (κ2) is 11.1. The number of phenolic OH excluding ortho intramolecular Hbond substituents is 1. The Morgan fingerprint density at radius 1 is 1.05 bits per heavy atom. The van der Waals surface area contributed by atoms with Gasteiger partial charge < -0.3 is 21.3 Å². The van der Waals surface area contributed by atoms with E-state index in [9.17, 15) is 39.0 Å². The zero-order valence-electron chi connectivity index (χ0n) is 24.7. The smallest absolute Gasteiger partial charge is 0.240 e. The summed E-state index contributed by atoms with van der Waals surface area (Å²) < 4.78 is 0. The summed E-state index contributed by atoms with van der Waals surface area (Å²) in [5.41, 5.74) is 5.50. The van der Waals surface area contributed by atoms with Crippen molar-refractivity contribution in [1.82, 2.24) is 10.4 Å². The second-order valence-corrected chi connectivity index (χ2v) is 13.3. The van der Waals surface area contributed by atoms with Crippen LogP contribution in [0.15, 0.2) is 12.1 Å². The van der Waals surface area contributed by atoms with Gasteiger partial charge in [-0.05, 0) is 88.4 Å². The quantitative estimate of drug-likeness (QED) is 0.157. The fraction of sp³-hybridized carbons (Fsp3) is 0.613. The van der Waals surface area contributed by atoms with Crippen LogP contribution in [0, 0.1) is 35.5 Å². The lowest BCUT2D eigenvalue weighted by Gasteiger charge is -2.52. The van der Waals surface area contributed by atoms with Crippen LogP contribution in [0.5, 0.6) is 5.75 Å². The molecule has 0 heterocycles. The van der Waals surface area contributed by atoms with Crippen LogP contribution in [0.3, 0.4) is 0 Å². The molecule has 13 heteroatoms. The van der Waals surface area contributed by atoms with Gasteiger partial charge in [0.05, 0.1) is 29.3 Å². The van der Waals surface area contributed by atoms with Crippen molar-refractivity contribution in [2.45, 2.75) is 62.7 Å². The molecular formula is C31H38N4O9. The lowest BCUT2D eigenvalue weighted by molar-refractivity contribution is -0.181. The summed E-state index contributed by atoms with van der Waals surface area (Å²) in [5.74, 6) is -10.6. The number of rotatable bonds is 7. The van der Waals surface area contributed by atoms with E-state index in [2.05, 4.69) is 10.8 Å². The Morgan fingerprint density at radius 2 is 1.75 bits per heavy atom.